The molecule has 3 rings (SSSR count). The number of carbonyl (C=O) groups is 2. The van der Waals surface area contributed by atoms with Crippen LogP contribution in [-0.2, 0) is 4.74 Å². The zero-order valence-corrected chi connectivity index (χ0v) is 15.5. The summed E-state index contributed by atoms with van der Waals surface area (Å²) in [5.41, 5.74) is 0.956. The fraction of sp³-hybridized carbons (Fsp3) is 0.316. The first-order valence-corrected chi connectivity index (χ1v) is 8.91. The van der Waals surface area contributed by atoms with Gasteiger partial charge in [-0.2, -0.15) is 5.26 Å². The summed E-state index contributed by atoms with van der Waals surface area (Å²) < 4.78 is 5.01. The van der Waals surface area contributed by atoms with E-state index in [-0.39, 0.29) is 11.8 Å². The van der Waals surface area contributed by atoms with Gasteiger partial charge in [-0.05, 0) is 19.1 Å². The fourth-order valence-electron chi connectivity index (χ4n) is 2.81. The van der Waals surface area contributed by atoms with Gasteiger partial charge in [0.1, 0.15) is 17.6 Å². The van der Waals surface area contributed by atoms with Crippen LogP contribution >= 0.6 is 0 Å². The summed E-state index contributed by atoms with van der Waals surface area (Å²) in [6.07, 6.45) is 2.63. The summed E-state index contributed by atoms with van der Waals surface area (Å²) in [4.78, 5) is 36.3. The van der Waals surface area contributed by atoms with Gasteiger partial charge in [0, 0.05) is 26.2 Å². The highest BCUT2D eigenvalue weighted by molar-refractivity contribution is 6.03. The molecule has 2 heterocycles. The van der Waals surface area contributed by atoms with Gasteiger partial charge >= 0.3 is 6.09 Å². The molecule has 144 valence electrons. The van der Waals surface area contributed by atoms with E-state index < -0.39 is 5.91 Å². The minimum absolute atomic E-state index is 0.154. The molecule has 1 aliphatic rings. The molecule has 1 saturated heterocycles. The van der Waals surface area contributed by atoms with Crippen LogP contribution in [0.1, 0.15) is 23.0 Å². The number of amides is 2. The highest BCUT2D eigenvalue weighted by Gasteiger charge is 2.23. The Hall–Kier alpha value is -3.67. The van der Waals surface area contributed by atoms with Crippen LogP contribution in [0.5, 0.6) is 0 Å². The largest absolute Gasteiger partial charge is 0.450 e. The SMILES string of the molecule is CCOC(=O)N1CCN(c2cnc(C(=O)Nc3ccccc3C#N)cn2)CC1. The van der Waals surface area contributed by atoms with E-state index in [1.54, 1.807) is 36.1 Å². The second-order valence-electron chi connectivity index (χ2n) is 6.04. The van der Waals surface area contributed by atoms with Crippen LogP contribution in [0.4, 0.5) is 16.3 Å². The maximum absolute atomic E-state index is 12.4. The van der Waals surface area contributed by atoms with Crippen LogP contribution in [0.2, 0.25) is 0 Å². The van der Waals surface area contributed by atoms with Gasteiger partial charge in [0.05, 0.1) is 30.3 Å². The number of carbonyl (C=O) groups excluding carboxylic acids is 2. The molecule has 0 atom stereocenters. The van der Waals surface area contributed by atoms with Gasteiger partial charge in [0.15, 0.2) is 0 Å². The fourth-order valence-corrected chi connectivity index (χ4v) is 2.81. The molecule has 0 saturated carbocycles. The quantitative estimate of drug-likeness (QED) is 0.862. The third-order valence-electron chi connectivity index (χ3n) is 4.30. The van der Waals surface area contributed by atoms with Crippen molar-refractivity contribution in [2.75, 3.05) is 43.0 Å². The maximum Gasteiger partial charge on any atom is 0.409 e. The summed E-state index contributed by atoms with van der Waals surface area (Å²) >= 11 is 0. The van der Waals surface area contributed by atoms with Crippen LogP contribution in [0.3, 0.4) is 0 Å². The Bertz CT molecular complexity index is 885. The molecule has 2 aromatic rings. The van der Waals surface area contributed by atoms with Gasteiger partial charge in [0.25, 0.3) is 5.91 Å². The zero-order chi connectivity index (χ0) is 19.9. The second-order valence-corrected chi connectivity index (χ2v) is 6.04. The molecule has 28 heavy (non-hydrogen) atoms. The molecule has 1 aromatic carbocycles. The number of piperazine rings is 1. The lowest BCUT2D eigenvalue weighted by Crippen LogP contribution is -2.49. The minimum Gasteiger partial charge on any atom is -0.450 e. The molecule has 2 amide bonds. The third-order valence-corrected chi connectivity index (χ3v) is 4.30. The number of nitriles is 1. The first kappa shape index (κ1) is 19.1. The van der Waals surface area contributed by atoms with Crippen molar-refractivity contribution < 1.29 is 14.3 Å². The number of rotatable bonds is 4. The molecule has 9 heteroatoms. The Labute approximate surface area is 162 Å². The van der Waals surface area contributed by atoms with E-state index in [0.29, 0.717) is 49.9 Å². The average Bonchev–Trinajstić information content (AvgIpc) is 2.74. The first-order chi connectivity index (χ1) is 13.6. The van der Waals surface area contributed by atoms with E-state index in [4.69, 9.17) is 10.00 Å². The number of hydrogen-bond donors (Lipinski definition) is 1. The van der Waals surface area contributed by atoms with E-state index in [1.807, 2.05) is 11.0 Å². The van der Waals surface area contributed by atoms with Crippen LogP contribution in [0.15, 0.2) is 36.7 Å². The first-order valence-electron chi connectivity index (χ1n) is 8.91. The molecule has 1 aliphatic heterocycles. The van der Waals surface area contributed by atoms with E-state index in [1.165, 1.54) is 12.4 Å². The number of aromatic nitrogens is 2. The Balaban J connectivity index is 1.60. The highest BCUT2D eigenvalue weighted by Crippen LogP contribution is 2.16. The average molecular weight is 380 g/mol. The number of hydrogen-bond acceptors (Lipinski definition) is 7. The van der Waals surface area contributed by atoms with Crippen molar-refractivity contribution in [2.45, 2.75) is 6.92 Å². The molecule has 1 fully saturated rings. The van der Waals surface area contributed by atoms with Crippen molar-refractivity contribution in [3.63, 3.8) is 0 Å². The lowest BCUT2D eigenvalue weighted by Gasteiger charge is -2.34. The number of nitrogens with one attached hydrogen (secondary N) is 1. The molecule has 0 bridgehead atoms. The van der Waals surface area contributed by atoms with Gasteiger partial charge in [-0.15, -0.1) is 0 Å². The van der Waals surface area contributed by atoms with Crippen molar-refractivity contribution >= 4 is 23.5 Å². The van der Waals surface area contributed by atoms with Crippen molar-refractivity contribution in [1.29, 1.82) is 5.26 Å². The molecule has 1 aromatic heterocycles. The molecule has 9 nitrogen and oxygen atoms in total. The zero-order valence-electron chi connectivity index (χ0n) is 15.5. The molecule has 0 spiro atoms. The topological polar surface area (TPSA) is 111 Å². The third kappa shape index (κ3) is 4.35. The molecular formula is C19H20N6O3. The van der Waals surface area contributed by atoms with E-state index in [2.05, 4.69) is 15.3 Å². The van der Waals surface area contributed by atoms with Crippen molar-refractivity contribution in [3.8, 4) is 6.07 Å². The van der Waals surface area contributed by atoms with Gasteiger partial charge in [-0.1, -0.05) is 12.1 Å². The van der Waals surface area contributed by atoms with E-state index >= 15 is 0 Å². The highest BCUT2D eigenvalue weighted by atomic mass is 16.6. The Morgan fingerprint density at radius 3 is 2.57 bits per heavy atom. The predicted octanol–water partition coefficient (Wildman–Crippen LogP) is 1.88. The van der Waals surface area contributed by atoms with E-state index in [0.717, 1.165) is 0 Å². The summed E-state index contributed by atoms with van der Waals surface area (Å²) in [7, 11) is 0. The van der Waals surface area contributed by atoms with Crippen molar-refractivity contribution in [3.05, 3.63) is 47.9 Å². The van der Waals surface area contributed by atoms with Crippen molar-refractivity contribution in [2.24, 2.45) is 0 Å². The second kappa shape index (κ2) is 8.81. The van der Waals surface area contributed by atoms with Crippen molar-refractivity contribution in [1.82, 2.24) is 14.9 Å². The number of ether oxygens (including phenoxy) is 1. The Morgan fingerprint density at radius 2 is 1.93 bits per heavy atom. The standard InChI is InChI=1S/C19H20N6O3/c1-2-28-19(27)25-9-7-24(8-10-25)17-13-21-16(12-22-17)18(26)23-15-6-4-3-5-14(15)11-20/h3-6,12-13H,2,7-10H2,1H3,(H,23,26). The lowest BCUT2D eigenvalue weighted by atomic mass is 10.2. The normalized spacial score (nSPS) is 13.6. The van der Waals surface area contributed by atoms with Crippen LogP contribution in [0, 0.1) is 11.3 Å². The molecule has 0 radical (unpaired) electrons. The van der Waals surface area contributed by atoms with Crippen LogP contribution in [-0.4, -0.2) is 59.7 Å². The number of benzene rings is 1. The summed E-state index contributed by atoms with van der Waals surface area (Å²) in [5.74, 6) is 0.200. The maximum atomic E-state index is 12.4. The molecular weight excluding hydrogens is 360 g/mol. The van der Waals surface area contributed by atoms with E-state index in [9.17, 15) is 9.59 Å². The monoisotopic (exact) mass is 380 g/mol. The molecule has 1 N–H and O–H groups in total. The van der Waals surface area contributed by atoms with Gasteiger partial charge < -0.3 is 19.9 Å². The molecule has 0 unspecified atom stereocenters. The Morgan fingerprint density at radius 1 is 1.18 bits per heavy atom. The summed E-state index contributed by atoms with van der Waals surface area (Å²) in [6, 6.07) is 8.77. The van der Waals surface area contributed by atoms with Gasteiger partial charge in [0.2, 0.25) is 0 Å². The van der Waals surface area contributed by atoms with Crippen LogP contribution < -0.4 is 10.2 Å². The summed E-state index contributed by atoms with van der Waals surface area (Å²) in [6.45, 7) is 4.41. The minimum atomic E-state index is -0.436. The predicted molar refractivity (Wildman–Crippen MR) is 102 cm³/mol. The Kier molecular flexibility index (Phi) is 6.01. The van der Waals surface area contributed by atoms with Gasteiger partial charge in [-0.25, -0.2) is 14.8 Å². The molecule has 0 aliphatic carbocycles. The number of para-hydroxylation sites is 1. The summed E-state index contributed by atoms with van der Waals surface area (Å²) in [5, 5.41) is 11.8. The van der Waals surface area contributed by atoms with Gasteiger partial charge in [-0.3, -0.25) is 4.79 Å². The smallest absolute Gasteiger partial charge is 0.409 e. The van der Waals surface area contributed by atoms with Crippen LogP contribution in [0.25, 0.3) is 0 Å². The lowest BCUT2D eigenvalue weighted by molar-refractivity contribution is 0.101. The number of anilines is 2. The number of nitrogens with zero attached hydrogens (tertiary/aromatic N) is 5.